The molecule has 1 atom stereocenters. The van der Waals surface area contributed by atoms with E-state index in [0.29, 0.717) is 12.1 Å². The number of nitrogens with one attached hydrogen (secondary N) is 1. The largest absolute Gasteiger partial charge is 0.324 e. The number of carbonyl (C=O) groups excluding carboxylic acids is 1. The lowest BCUT2D eigenvalue weighted by molar-refractivity contribution is -0.117. The highest BCUT2D eigenvalue weighted by molar-refractivity contribution is 6.52. The molecule has 0 saturated heterocycles. The third kappa shape index (κ3) is 2.36. The van der Waals surface area contributed by atoms with Crippen LogP contribution in [0.5, 0.6) is 0 Å². The lowest BCUT2D eigenvalue weighted by Gasteiger charge is -2.07. The smallest absolute Gasteiger partial charge is 0.230 e. The van der Waals surface area contributed by atoms with E-state index in [9.17, 15) is 4.79 Å². The van der Waals surface area contributed by atoms with Crippen LogP contribution in [-0.2, 0) is 4.79 Å². The van der Waals surface area contributed by atoms with E-state index in [4.69, 9.17) is 23.2 Å². The van der Waals surface area contributed by atoms with Gasteiger partial charge < -0.3 is 5.32 Å². The molecule has 5 nitrogen and oxygen atoms in total. The van der Waals surface area contributed by atoms with Crippen molar-refractivity contribution >= 4 is 45.8 Å². The molecule has 1 amide bonds. The van der Waals surface area contributed by atoms with Gasteiger partial charge in [0, 0.05) is 11.4 Å². The van der Waals surface area contributed by atoms with E-state index in [-0.39, 0.29) is 17.9 Å². The van der Waals surface area contributed by atoms with E-state index >= 15 is 0 Å². The molecular weight excluding hydrogens is 299 g/mol. The monoisotopic (exact) mass is 312 g/mol. The Morgan fingerprint density at radius 2 is 2.20 bits per heavy atom. The minimum absolute atomic E-state index is 0.174. The summed E-state index contributed by atoms with van der Waals surface area (Å²) < 4.78 is 0.925. The number of fused-ring (bicyclic) bond motifs is 1. The number of pyridine rings is 1. The van der Waals surface area contributed by atoms with Crippen LogP contribution >= 0.6 is 23.2 Å². The third-order valence-corrected chi connectivity index (χ3v) is 4.17. The predicted octanol–water partition coefficient (Wildman–Crippen LogP) is 3.14. The van der Waals surface area contributed by atoms with Crippen LogP contribution in [-0.4, -0.2) is 25.0 Å². The maximum absolute atomic E-state index is 11.9. The van der Waals surface area contributed by atoms with E-state index in [2.05, 4.69) is 15.4 Å². The number of carbonyl (C=O) groups is 1. The van der Waals surface area contributed by atoms with Gasteiger partial charge in [-0.2, -0.15) is 5.10 Å². The van der Waals surface area contributed by atoms with Crippen LogP contribution in [0.25, 0.3) is 11.0 Å². The number of anilines is 1. The molecule has 1 unspecified atom stereocenters. The fraction of sp³-hybridized carbons (Fsp3) is 0.462. The van der Waals surface area contributed by atoms with Crippen molar-refractivity contribution in [2.45, 2.75) is 30.6 Å². The van der Waals surface area contributed by atoms with Crippen LogP contribution in [0.2, 0.25) is 0 Å². The standard InChI is InChI=1S/C13H14Cl2N4O/c1-7(2)19-11-8(5-17-19)3-9(6-16-11)18-12(20)10-4-13(10,14)15/h3,5-7,10H,4H2,1-2H3,(H,18,20). The van der Waals surface area contributed by atoms with Crippen molar-refractivity contribution in [3.63, 3.8) is 0 Å². The summed E-state index contributed by atoms with van der Waals surface area (Å²) in [5.74, 6) is -0.521. The van der Waals surface area contributed by atoms with E-state index in [1.807, 2.05) is 24.6 Å². The molecule has 0 spiro atoms. The summed E-state index contributed by atoms with van der Waals surface area (Å²) >= 11 is 11.8. The number of halogens is 2. The highest BCUT2D eigenvalue weighted by atomic mass is 35.5. The van der Waals surface area contributed by atoms with Gasteiger partial charge in [-0.3, -0.25) is 4.79 Å². The Bertz CT molecular complexity index is 680. The van der Waals surface area contributed by atoms with Gasteiger partial charge in [0.15, 0.2) is 5.65 Å². The average Bonchev–Trinajstić information content (AvgIpc) is 2.84. The molecule has 1 N–H and O–H groups in total. The zero-order valence-corrected chi connectivity index (χ0v) is 12.6. The van der Waals surface area contributed by atoms with Crippen molar-refractivity contribution in [2.24, 2.45) is 5.92 Å². The summed E-state index contributed by atoms with van der Waals surface area (Å²) in [7, 11) is 0. The van der Waals surface area contributed by atoms with Crippen molar-refractivity contribution in [2.75, 3.05) is 5.32 Å². The Morgan fingerprint density at radius 3 is 2.80 bits per heavy atom. The SMILES string of the molecule is CC(C)n1ncc2cc(NC(=O)C3CC3(Cl)Cl)cnc21. The molecule has 2 aromatic heterocycles. The molecule has 2 aromatic rings. The Morgan fingerprint density at radius 1 is 1.50 bits per heavy atom. The van der Waals surface area contributed by atoms with Crippen LogP contribution in [0.15, 0.2) is 18.5 Å². The number of rotatable bonds is 3. The summed E-state index contributed by atoms with van der Waals surface area (Å²) in [6.07, 6.45) is 3.85. The molecular formula is C13H14Cl2N4O. The number of hydrogen-bond acceptors (Lipinski definition) is 3. The molecule has 0 aromatic carbocycles. The minimum Gasteiger partial charge on any atom is -0.324 e. The molecule has 1 saturated carbocycles. The van der Waals surface area contributed by atoms with Gasteiger partial charge in [-0.15, -0.1) is 23.2 Å². The zero-order chi connectivity index (χ0) is 14.5. The quantitative estimate of drug-likeness (QED) is 0.886. The lowest BCUT2D eigenvalue weighted by Crippen LogP contribution is -2.17. The molecule has 0 radical (unpaired) electrons. The molecule has 2 heterocycles. The maximum atomic E-state index is 11.9. The van der Waals surface area contributed by atoms with E-state index in [1.165, 1.54) is 0 Å². The van der Waals surface area contributed by atoms with Gasteiger partial charge in [-0.1, -0.05) is 0 Å². The highest BCUT2D eigenvalue weighted by Crippen LogP contribution is 2.53. The first-order valence-corrected chi connectivity index (χ1v) is 7.16. The van der Waals surface area contributed by atoms with Crippen molar-refractivity contribution in [3.05, 3.63) is 18.5 Å². The summed E-state index contributed by atoms with van der Waals surface area (Å²) in [5, 5.41) is 7.95. The summed E-state index contributed by atoms with van der Waals surface area (Å²) in [5.41, 5.74) is 1.43. The molecule has 0 bridgehead atoms. The van der Waals surface area contributed by atoms with Gasteiger partial charge >= 0.3 is 0 Å². The Balaban J connectivity index is 1.82. The second-order valence-electron chi connectivity index (χ2n) is 5.33. The second-order valence-corrected chi connectivity index (χ2v) is 6.87. The molecule has 7 heteroatoms. The predicted molar refractivity (Wildman–Crippen MR) is 79.1 cm³/mol. The third-order valence-electron chi connectivity index (χ3n) is 3.33. The first-order chi connectivity index (χ1) is 9.38. The molecule has 0 aliphatic heterocycles. The van der Waals surface area contributed by atoms with Crippen LogP contribution in [0, 0.1) is 5.92 Å². The first kappa shape index (κ1) is 13.6. The van der Waals surface area contributed by atoms with Crippen LogP contribution < -0.4 is 5.32 Å². The zero-order valence-electron chi connectivity index (χ0n) is 11.1. The van der Waals surface area contributed by atoms with Crippen molar-refractivity contribution in [3.8, 4) is 0 Å². The Labute approximate surface area is 126 Å². The lowest BCUT2D eigenvalue weighted by atomic mass is 10.3. The number of hydrogen-bond donors (Lipinski definition) is 1. The van der Waals surface area contributed by atoms with Crippen molar-refractivity contribution in [1.82, 2.24) is 14.8 Å². The number of aromatic nitrogens is 3. The summed E-state index contributed by atoms with van der Waals surface area (Å²) in [4.78, 5) is 16.3. The highest BCUT2D eigenvalue weighted by Gasteiger charge is 2.56. The molecule has 20 heavy (non-hydrogen) atoms. The topological polar surface area (TPSA) is 59.8 Å². The van der Waals surface area contributed by atoms with Gasteiger partial charge in [0.1, 0.15) is 4.33 Å². The molecule has 3 rings (SSSR count). The molecule has 106 valence electrons. The summed E-state index contributed by atoms with van der Waals surface area (Å²) in [6, 6.07) is 2.08. The fourth-order valence-electron chi connectivity index (χ4n) is 2.11. The fourth-order valence-corrected chi connectivity index (χ4v) is 2.62. The Kier molecular flexibility index (Phi) is 3.14. The van der Waals surface area contributed by atoms with Gasteiger partial charge in [0.05, 0.1) is 24.0 Å². The average molecular weight is 313 g/mol. The molecule has 1 aliphatic rings. The van der Waals surface area contributed by atoms with Gasteiger partial charge in [0.2, 0.25) is 5.91 Å². The van der Waals surface area contributed by atoms with Crippen LogP contribution in [0.1, 0.15) is 26.3 Å². The number of nitrogens with zero attached hydrogens (tertiary/aromatic N) is 3. The second kappa shape index (κ2) is 4.60. The van der Waals surface area contributed by atoms with Crippen LogP contribution in [0.3, 0.4) is 0 Å². The van der Waals surface area contributed by atoms with Crippen molar-refractivity contribution in [1.29, 1.82) is 0 Å². The van der Waals surface area contributed by atoms with E-state index < -0.39 is 4.33 Å². The van der Waals surface area contributed by atoms with Gasteiger partial charge in [-0.05, 0) is 26.3 Å². The normalized spacial score (nSPS) is 20.4. The summed E-state index contributed by atoms with van der Waals surface area (Å²) in [6.45, 7) is 4.08. The van der Waals surface area contributed by atoms with Gasteiger partial charge in [0.25, 0.3) is 0 Å². The minimum atomic E-state index is -0.913. The molecule has 1 fully saturated rings. The van der Waals surface area contributed by atoms with E-state index in [0.717, 1.165) is 11.0 Å². The number of alkyl halides is 2. The first-order valence-electron chi connectivity index (χ1n) is 6.40. The maximum Gasteiger partial charge on any atom is 0.230 e. The van der Waals surface area contributed by atoms with Gasteiger partial charge in [-0.25, -0.2) is 9.67 Å². The number of amides is 1. The Hall–Kier alpha value is -1.33. The van der Waals surface area contributed by atoms with Crippen LogP contribution in [0.4, 0.5) is 5.69 Å². The van der Waals surface area contributed by atoms with E-state index in [1.54, 1.807) is 12.4 Å². The van der Waals surface area contributed by atoms with Crippen molar-refractivity contribution < 1.29 is 4.79 Å². The molecule has 1 aliphatic carbocycles.